The second-order valence-electron chi connectivity index (χ2n) is 2.77. The third-order valence-electron chi connectivity index (χ3n) is 1.85. The molecule has 0 heterocycles. The van der Waals surface area contributed by atoms with Gasteiger partial charge in [0.25, 0.3) is 0 Å². The molecule has 1 aliphatic rings. The van der Waals surface area contributed by atoms with E-state index < -0.39 is 12.2 Å². The van der Waals surface area contributed by atoms with Gasteiger partial charge >= 0.3 is 0 Å². The molecule has 0 aromatic rings. The highest BCUT2D eigenvalue weighted by atomic mass is 16.3. The molecule has 2 heteroatoms. The maximum atomic E-state index is 9.18. The van der Waals surface area contributed by atoms with Crippen LogP contribution in [0.2, 0.25) is 0 Å². The SMILES string of the molecule is OC1/C=C\CCCCC1O. The van der Waals surface area contributed by atoms with Crippen LogP contribution in [0, 0.1) is 0 Å². The van der Waals surface area contributed by atoms with Crippen LogP contribution >= 0.6 is 0 Å². The Labute approximate surface area is 61.2 Å². The van der Waals surface area contributed by atoms with Gasteiger partial charge in [0.15, 0.2) is 0 Å². The summed E-state index contributed by atoms with van der Waals surface area (Å²) >= 11 is 0. The quantitative estimate of drug-likeness (QED) is 0.492. The molecule has 2 nitrogen and oxygen atoms in total. The third kappa shape index (κ3) is 2.12. The molecule has 0 aromatic heterocycles. The fraction of sp³-hybridized carbons (Fsp3) is 0.750. The summed E-state index contributed by atoms with van der Waals surface area (Å²) in [6, 6.07) is 0. The van der Waals surface area contributed by atoms with Crippen LogP contribution < -0.4 is 0 Å². The number of aliphatic hydroxyl groups excluding tert-OH is 2. The fourth-order valence-electron chi connectivity index (χ4n) is 1.15. The van der Waals surface area contributed by atoms with Gasteiger partial charge in [-0.25, -0.2) is 0 Å². The number of aliphatic hydroxyl groups is 2. The van der Waals surface area contributed by atoms with Crippen molar-refractivity contribution in [3.63, 3.8) is 0 Å². The molecule has 0 amide bonds. The Balaban J connectivity index is 2.44. The predicted molar refractivity (Wildman–Crippen MR) is 39.6 cm³/mol. The van der Waals surface area contributed by atoms with Gasteiger partial charge in [-0.15, -0.1) is 0 Å². The molecule has 2 N–H and O–H groups in total. The number of hydrogen-bond acceptors (Lipinski definition) is 2. The summed E-state index contributed by atoms with van der Waals surface area (Å²) in [6.07, 6.45) is 6.34. The summed E-state index contributed by atoms with van der Waals surface area (Å²) < 4.78 is 0. The molecule has 1 rings (SSSR count). The zero-order valence-corrected chi connectivity index (χ0v) is 6.03. The Morgan fingerprint density at radius 2 is 2.00 bits per heavy atom. The van der Waals surface area contributed by atoms with Crippen LogP contribution in [0.1, 0.15) is 25.7 Å². The lowest BCUT2D eigenvalue weighted by Crippen LogP contribution is -2.24. The normalized spacial score (nSPS) is 38.2. The second kappa shape index (κ2) is 3.74. The molecule has 0 spiro atoms. The molecule has 0 radical (unpaired) electrons. The minimum absolute atomic E-state index is 0.545. The highest BCUT2D eigenvalue weighted by molar-refractivity contribution is 4.93. The van der Waals surface area contributed by atoms with Gasteiger partial charge in [0.05, 0.1) is 12.2 Å². The molecular weight excluding hydrogens is 128 g/mol. The van der Waals surface area contributed by atoms with Crippen molar-refractivity contribution < 1.29 is 10.2 Å². The predicted octanol–water partition coefficient (Wildman–Crippen LogP) is 0.838. The standard InChI is InChI=1S/C8H14O2/c9-7-5-3-1-2-4-6-8(7)10/h3,5,7-10H,1-2,4,6H2/b5-3-. The zero-order chi connectivity index (χ0) is 7.40. The van der Waals surface area contributed by atoms with Crippen molar-refractivity contribution in [3.05, 3.63) is 12.2 Å². The highest BCUT2D eigenvalue weighted by Gasteiger charge is 2.13. The van der Waals surface area contributed by atoms with Gasteiger partial charge in [-0.2, -0.15) is 0 Å². The van der Waals surface area contributed by atoms with E-state index in [2.05, 4.69) is 0 Å². The van der Waals surface area contributed by atoms with Gasteiger partial charge in [-0.1, -0.05) is 18.6 Å². The highest BCUT2D eigenvalue weighted by Crippen LogP contribution is 2.11. The molecule has 0 aromatic carbocycles. The van der Waals surface area contributed by atoms with Crippen molar-refractivity contribution in [2.75, 3.05) is 0 Å². The van der Waals surface area contributed by atoms with Crippen LogP contribution in [0.25, 0.3) is 0 Å². The van der Waals surface area contributed by atoms with Crippen LogP contribution in [0.4, 0.5) is 0 Å². The van der Waals surface area contributed by atoms with E-state index in [1.165, 1.54) is 0 Å². The molecular formula is C8H14O2. The first-order valence-electron chi connectivity index (χ1n) is 3.83. The first-order chi connectivity index (χ1) is 4.80. The van der Waals surface area contributed by atoms with Crippen LogP contribution in [0.3, 0.4) is 0 Å². The van der Waals surface area contributed by atoms with E-state index in [-0.39, 0.29) is 0 Å². The number of allylic oxidation sites excluding steroid dienone is 1. The lowest BCUT2D eigenvalue weighted by Gasteiger charge is -2.15. The lowest BCUT2D eigenvalue weighted by molar-refractivity contribution is 0.0402. The molecule has 2 atom stereocenters. The van der Waals surface area contributed by atoms with E-state index >= 15 is 0 Å². The van der Waals surface area contributed by atoms with Gasteiger partial charge in [-0.3, -0.25) is 0 Å². The molecule has 0 fully saturated rings. The Morgan fingerprint density at radius 1 is 1.20 bits per heavy atom. The van der Waals surface area contributed by atoms with Crippen molar-refractivity contribution >= 4 is 0 Å². The monoisotopic (exact) mass is 142 g/mol. The Kier molecular flexibility index (Phi) is 2.90. The average molecular weight is 142 g/mol. The Morgan fingerprint density at radius 3 is 2.80 bits per heavy atom. The minimum Gasteiger partial charge on any atom is -0.390 e. The summed E-state index contributed by atoms with van der Waals surface area (Å²) in [4.78, 5) is 0. The largest absolute Gasteiger partial charge is 0.390 e. The number of rotatable bonds is 0. The minimum atomic E-state index is -0.639. The van der Waals surface area contributed by atoms with E-state index in [1.54, 1.807) is 6.08 Å². The summed E-state index contributed by atoms with van der Waals surface area (Å²) in [7, 11) is 0. The molecule has 1 aliphatic carbocycles. The lowest BCUT2D eigenvalue weighted by atomic mass is 10.0. The molecule has 10 heavy (non-hydrogen) atoms. The molecule has 0 saturated carbocycles. The topological polar surface area (TPSA) is 40.5 Å². The van der Waals surface area contributed by atoms with Crippen molar-refractivity contribution in [2.45, 2.75) is 37.9 Å². The Bertz CT molecular complexity index is 120. The maximum absolute atomic E-state index is 9.18. The van der Waals surface area contributed by atoms with E-state index in [4.69, 9.17) is 5.11 Å². The molecule has 2 unspecified atom stereocenters. The van der Waals surface area contributed by atoms with Crippen LogP contribution in [0.5, 0.6) is 0 Å². The smallest absolute Gasteiger partial charge is 0.0979 e. The average Bonchev–Trinajstić information content (AvgIpc) is 1.92. The van der Waals surface area contributed by atoms with Gasteiger partial charge in [0.2, 0.25) is 0 Å². The van der Waals surface area contributed by atoms with Gasteiger partial charge in [0, 0.05) is 0 Å². The van der Waals surface area contributed by atoms with Crippen LogP contribution in [-0.4, -0.2) is 22.4 Å². The molecule has 58 valence electrons. The van der Waals surface area contributed by atoms with E-state index in [0.717, 1.165) is 25.7 Å². The maximum Gasteiger partial charge on any atom is 0.0979 e. The van der Waals surface area contributed by atoms with E-state index in [9.17, 15) is 5.11 Å². The van der Waals surface area contributed by atoms with E-state index in [0.29, 0.717) is 0 Å². The second-order valence-corrected chi connectivity index (χ2v) is 2.77. The first-order valence-corrected chi connectivity index (χ1v) is 3.83. The summed E-state index contributed by atoms with van der Waals surface area (Å²) in [6.45, 7) is 0. The summed E-state index contributed by atoms with van der Waals surface area (Å²) in [5.74, 6) is 0. The van der Waals surface area contributed by atoms with Crippen molar-refractivity contribution in [2.24, 2.45) is 0 Å². The van der Waals surface area contributed by atoms with Crippen molar-refractivity contribution in [3.8, 4) is 0 Å². The summed E-state index contributed by atoms with van der Waals surface area (Å²) in [5, 5.41) is 18.3. The summed E-state index contributed by atoms with van der Waals surface area (Å²) in [5.41, 5.74) is 0. The van der Waals surface area contributed by atoms with Crippen LogP contribution in [-0.2, 0) is 0 Å². The Hall–Kier alpha value is -0.340. The molecule has 0 bridgehead atoms. The molecule has 0 saturated heterocycles. The fourth-order valence-corrected chi connectivity index (χ4v) is 1.15. The van der Waals surface area contributed by atoms with Crippen LogP contribution in [0.15, 0.2) is 12.2 Å². The van der Waals surface area contributed by atoms with E-state index in [1.807, 2.05) is 6.08 Å². The zero-order valence-electron chi connectivity index (χ0n) is 6.03. The number of hydrogen-bond donors (Lipinski definition) is 2. The van der Waals surface area contributed by atoms with Crippen molar-refractivity contribution in [1.29, 1.82) is 0 Å². The van der Waals surface area contributed by atoms with Crippen molar-refractivity contribution in [1.82, 2.24) is 0 Å². The molecule has 0 aliphatic heterocycles. The van der Waals surface area contributed by atoms with Gasteiger partial charge < -0.3 is 10.2 Å². The first kappa shape index (κ1) is 7.76. The third-order valence-corrected chi connectivity index (χ3v) is 1.85. The van der Waals surface area contributed by atoms with Gasteiger partial charge in [-0.05, 0) is 19.3 Å². The van der Waals surface area contributed by atoms with Gasteiger partial charge in [0.1, 0.15) is 0 Å².